The molecule has 1 heterocycles. The van der Waals surface area contributed by atoms with E-state index in [2.05, 4.69) is 4.42 Å². The fourth-order valence-electron chi connectivity index (χ4n) is 0.925. The van der Waals surface area contributed by atoms with Crippen LogP contribution < -0.4 is 5.73 Å². The lowest BCUT2D eigenvalue weighted by Crippen LogP contribution is -2.18. The van der Waals surface area contributed by atoms with Crippen molar-refractivity contribution in [3.8, 4) is 0 Å². The summed E-state index contributed by atoms with van der Waals surface area (Å²) in [6, 6.07) is -0.350. The first-order chi connectivity index (χ1) is 5.96. The summed E-state index contributed by atoms with van der Waals surface area (Å²) in [5.74, 6) is -0.435. The highest BCUT2D eigenvalue weighted by atomic mass is 19.4. The zero-order valence-electron chi connectivity index (χ0n) is 6.51. The molecule has 13 heavy (non-hydrogen) atoms. The van der Waals surface area contributed by atoms with Crippen molar-refractivity contribution < 1.29 is 22.7 Å². The Morgan fingerprint density at radius 1 is 1.54 bits per heavy atom. The van der Waals surface area contributed by atoms with E-state index in [9.17, 15) is 13.2 Å². The van der Waals surface area contributed by atoms with Crippen molar-refractivity contribution >= 4 is 0 Å². The minimum absolute atomic E-state index is 0.435. The van der Waals surface area contributed by atoms with Crippen molar-refractivity contribution in [2.45, 2.75) is 12.2 Å². The maximum atomic E-state index is 12.2. The van der Waals surface area contributed by atoms with E-state index in [1.54, 1.807) is 0 Å². The Morgan fingerprint density at radius 2 is 2.15 bits per heavy atom. The number of alkyl halides is 3. The topological polar surface area (TPSA) is 59.4 Å². The van der Waals surface area contributed by atoms with Crippen LogP contribution in [0, 0.1) is 0 Å². The second-order valence-corrected chi connectivity index (χ2v) is 2.49. The van der Waals surface area contributed by atoms with Crippen molar-refractivity contribution in [1.82, 2.24) is 0 Å². The van der Waals surface area contributed by atoms with E-state index in [-0.39, 0.29) is 0 Å². The molecule has 0 aliphatic carbocycles. The summed E-state index contributed by atoms with van der Waals surface area (Å²) in [7, 11) is 0. The van der Waals surface area contributed by atoms with Gasteiger partial charge in [-0.05, 0) is 6.07 Å². The van der Waals surface area contributed by atoms with Crippen LogP contribution in [0.2, 0.25) is 0 Å². The standard InChI is InChI=1S/C7H8F3NO2/c8-7(9,10)4-1-2-13-6(4)5(11)3-12/h1-2,5,12H,3,11H2/t5-/m1/s1. The molecular weight excluding hydrogens is 187 g/mol. The Morgan fingerprint density at radius 3 is 2.62 bits per heavy atom. The Balaban J connectivity index is 3.03. The number of hydrogen-bond donors (Lipinski definition) is 2. The molecule has 3 nitrogen and oxygen atoms in total. The number of aliphatic hydroxyl groups excluding tert-OH is 1. The molecule has 0 fully saturated rings. The molecule has 0 spiro atoms. The van der Waals surface area contributed by atoms with E-state index in [4.69, 9.17) is 10.8 Å². The second kappa shape index (κ2) is 3.39. The predicted molar refractivity (Wildman–Crippen MR) is 37.7 cm³/mol. The van der Waals surface area contributed by atoms with Crippen LogP contribution in [0.1, 0.15) is 17.4 Å². The molecule has 3 N–H and O–H groups in total. The normalized spacial score (nSPS) is 14.5. The summed E-state index contributed by atoms with van der Waals surface area (Å²) in [4.78, 5) is 0. The molecule has 1 atom stereocenters. The van der Waals surface area contributed by atoms with E-state index < -0.39 is 30.1 Å². The van der Waals surface area contributed by atoms with Crippen molar-refractivity contribution in [3.05, 3.63) is 23.7 Å². The fraction of sp³-hybridized carbons (Fsp3) is 0.429. The maximum Gasteiger partial charge on any atom is 0.419 e. The number of hydrogen-bond acceptors (Lipinski definition) is 3. The van der Waals surface area contributed by atoms with Gasteiger partial charge in [0.15, 0.2) is 0 Å². The van der Waals surface area contributed by atoms with E-state index in [0.717, 1.165) is 12.3 Å². The van der Waals surface area contributed by atoms with Crippen LogP contribution in [0.4, 0.5) is 13.2 Å². The molecule has 1 aromatic heterocycles. The van der Waals surface area contributed by atoms with Gasteiger partial charge in [0.2, 0.25) is 0 Å². The van der Waals surface area contributed by atoms with Crippen LogP contribution in [-0.4, -0.2) is 11.7 Å². The van der Waals surface area contributed by atoms with Gasteiger partial charge >= 0.3 is 6.18 Å². The van der Waals surface area contributed by atoms with Gasteiger partial charge in [-0.15, -0.1) is 0 Å². The van der Waals surface area contributed by atoms with E-state index in [1.165, 1.54) is 0 Å². The van der Waals surface area contributed by atoms with Gasteiger partial charge in [-0.3, -0.25) is 0 Å². The summed E-state index contributed by atoms with van der Waals surface area (Å²) in [5, 5.41) is 8.54. The Bertz CT molecular complexity index is 282. The quantitative estimate of drug-likeness (QED) is 0.747. The van der Waals surface area contributed by atoms with Crippen molar-refractivity contribution in [2.75, 3.05) is 6.61 Å². The van der Waals surface area contributed by atoms with Gasteiger partial charge in [0.1, 0.15) is 5.76 Å². The number of furan rings is 1. The highest BCUT2D eigenvalue weighted by Crippen LogP contribution is 2.34. The van der Waals surface area contributed by atoms with Crippen molar-refractivity contribution in [3.63, 3.8) is 0 Å². The van der Waals surface area contributed by atoms with Crippen LogP contribution in [0.3, 0.4) is 0 Å². The van der Waals surface area contributed by atoms with Crippen LogP contribution in [0.25, 0.3) is 0 Å². The first kappa shape index (κ1) is 10.1. The molecule has 0 aromatic carbocycles. The molecular formula is C7H8F3NO2. The summed E-state index contributed by atoms with van der Waals surface area (Å²) in [5.41, 5.74) is 4.26. The largest absolute Gasteiger partial charge is 0.467 e. The molecule has 0 bridgehead atoms. The SMILES string of the molecule is N[C@H](CO)c1occc1C(F)(F)F. The molecule has 0 unspecified atom stereocenters. The third kappa shape index (κ3) is 2.02. The van der Waals surface area contributed by atoms with E-state index in [1.807, 2.05) is 0 Å². The zero-order valence-corrected chi connectivity index (χ0v) is 6.51. The van der Waals surface area contributed by atoms with Crippen molar-refractivity contribution in [1.29, 1.82) is 0 Å². The summed E-state index contributed by atoms with van der Waals surface area (Å²) in [6.07, 6.45) is -3.59. The lowest BCUT2D eigenvalue weighted by atomic mass is 10.1. The second-order valence-electron chi connectivity index (χ2n) is 2.49. The fourth-order valence-corrected chi connectivity index (χ4v) is 0.925. The van der Waals surface area contributed by atoms with Gasteiger partial charge in [-0.25, -0.2) is 0 Å². The highest BCUT2D eigenvalue weighted by molar-refractivity contribution is 5.23. The highest BCUT2D eigenvalue weighted by Gasteiger charge is 2.36. The average molecular weight is 195 g/mol. The molecule has 6 heteroatoms. The molecule has 1 aromatic rings. The molecule has 0 aliphatic heterocycles. The van der Waals surface area contributed by atoms with Crippen LogP contribution in [0.5, 0.6) is 0 Å². The van der Waals surface area contributed by atoms with E-state index >= 15 is 0 Å². The molecule has 0 aliphatic rings. The first-order valence-electron chi connectivity index (χ1n) is 3.48. The van der Waals surface area contributed by atoms with Gasteiger partial charge in [0.05, 0.1) is 24.5 Å². The Kier molecular flexibility index (Phi) is 2.63. The lowest BCUT2D eigenvalue weighted by Gasteiger charge is -2.09. The first-order valence-corrected chi connectivity index (χ1v) is 3.48. The lowest BCUT2D eigenvalue weighted by molar-refractivity contribution is -0.139. The van der Waals surface area contributed by atoms with Crippen LogP contribution >= 0.6 is 0 Å². The van der Waals surface area contributed by atoms with Gasteiger partial charge in [0.25, 0.3) is 0 Å². The third-order valence-corrected chi connectivity index (χ3v) is 1.53. The molecule has 0 amide bonds. The van der Waals surface area contributed by atoms with Crippen LogP contribution in [0.15, 0.2) is 16.7 Å². The molecule has 0 saturated carbocycles. The number of halogens is 3. The monoisotopic (exact) mass is 195 g/mol. The smallest absolute Gasteiger partial charge is 0.419 e. The minimum Gasteiger partial charge on any atom is -0.467 e. The predicted octanol–water partition coefficient (Wildman–Crippen LogP) is 1.29. The number of aliphatic hydroxyl groups is 1. The van der Waals surface area contributed by atoms with Gasteiger partial charge < -0.3 is 15.3 Å². The maximum absolute atomic E-state index is 12.2. The zero-order chi connectivity index (χ0) is 10.1. The summed E-state index contributed by atoms with van der Waals surface area (Å²) in [6.45, 7) is -0.587. The van der Waals surface area contributed by atoms with Gasteiger partial charge in [0, 0.05) is 0 Å². The average Bonchev–Trinajstić information content (AvgIpc) is 2.49. The van der Waals surface area contributed by atoms with E-state index in [0.29, 0.717) is 0 Å². The Hall–Kier alpha value is -1.01. The van der Waals surface area contributed by atoms with Crippen molar-refractivity contribution in [2.24, 2.45) is 5.73 Å². The molecule has 0 saturated heterocycles. The molecule has 0 radical (unpaired) electrons. The summed E-state index contributed by atoms with van der Waals surface area (Å²) < 4.78 is 41.1. The van der Waals surface area contributed by atoms with Gasteiger partial charge in [-0.1, -0.05) is 0 Å². The number of rotatable bonds is 2. The molecule has 1 rings (SSSR count). The third-order valence-electron chi connectivity index (χ3n) is 1.53. The van der Waals surface area contributed by atoms with Crippen LogP contribution in [-0.2, 0) is 6.18 Å². The molecule has 74 valence electrons. The summed E-state index contributed by atoms with van der Waals surface area (Å²) >= 11 is 0. The Labute approximate surface area is 72.0 Å². The minimum atomic E-state index is -4.49. The number of nitrogens with two attached hydrogens (primary N) is 1. The van der Waals surface area contributed by atoms with Gasteiger partial charge in [-0.2, -0.15) is 13.2 Å².